The van der Waals surface area contributed by atoms with Crippen molar-refractivity contribution in [2.75, 3.05) is 11.5 Å². The van der Waals surface area contributed by atoms with Gasteiger partial charge in [0.25, 0.3) is 0 Å². The van der Waals surface area contributed by atoms with Crippen molar-refractivity contribution >= 4 is 11.4 Å². The SMILES string of the molecule is Nc1ccc(C(F)(F)F)cc1.Nc1cccc(C(F)(F)F)c1. The van der Waals surface area contributed by atoms with E-state index in [2.05, 4.69) is 0 Å². The number of alkyl halides is 6. The third-order valence-corrected chi connectivity index (χ3v) is 2.45. The van der Waals surface area contributed by atoms with Crippen LogP contribution in [-0.2, 0) is 12.4 Å². The van der Waals surface area contributed by atoms with Crippen molar-refractivity contribution in [3.8, 4) is 0 Å². The Morgan fingerprint density at radius 3 is 1.45 bits per heavy atom. The molecule has 0 unspecified atom stereocenters. The first-order valence-electron chi connectivity index (χ1n) is 5.85. The van der Waals surface area contributed by atoms with Crippen molar-refractivity contribution < 1.29 is 26.3 Å². The van der Waals surface area contributed by atoms with Crippen LogP contribution in [-0.4, -0.2) is 0 Å². The molecule has 4 N–H and O–H groups in total. The summed E-state index contributed by atoms with van der Waals surface area (Å²) in [6.45, 7) is 0. The van der Waals surface area contributed by atoms with Crippen molar-refractivity contribution in [3.05, 3.63) is 59.7 Å². The molecule has 2 aromatic carbocycles. The van der Waals surface area contributed by atoms with Gasteiger partial charge in [-0.1, -0.05) is 6.07 Å². The van der Waals surface area contributed by atoms with Gasteiger partial charge in [-0.3, -0.25) is 0 Å². The highest BCUT2D eigenvalue weighted by molar-refractivity contribution is 5.41. The molecule has 0 atom stereocenters. The maximum atomic E-state index is 11.9. The number of anilines is 2. The Morgan fingerprint density at radius 1 is 0.591 bits per heavy atom. The lowest BCUT2D eigenvalue weighted by atomic mass is 10.2. The number of hydrogen-bond acceptors (Lipinski definition) is 2. The van der Waals surface area contributed by atoms with Gasteiger partial charge in [0.1, 0.15) is 0 Å². The number of halogens is 6. The fourth-order valence-electron chi connectivity index (χ4n) is 1.39. The molecule has 8 heteroatoms. The van der Waals surface area contributed by atoms with Gasteiger partial charge < -0.3 is 11.5 Å². The number of hydrogen-bond donors (Lipinski definition) is 2. The number of nitrogen functional groups attached to an aromatic ring is 2. The minimum atomic E-state index is -4.30. The van der Waals surface area contributed by atoms with Crippen molar-refractivity contribution in [1.82, 2.24) is 0 Å². The average Bonchev–Trinajstić information content (AvgIpc) is 2.38. The van der Waals surface area contributed by atoms with Crippen molar-refractivity contribution in [2.45, 2.75) is 12.4 Å². The summed E-state index contributed by atoms with van der Waals surface area (Å²) < 4.78 is 71.4. The van der Waals surface area contributed by atoms with Gasteiger partial charge in [-0.05, 0) is 42.5 Å². The third kappa shape index (κ3) is 5.55. The molecule has 0 bridgehead atoms. The van der Waals surface area contributed by atoms with Crippen LogP contribution in [0.15, 0.2) is 48.5 Å². The molecule has 0 aliphatic heterocycles. The monoisotopic (exact) mass is 322 g/mol. The minimum absolute atomic E-state index is 0.125. The van der Waals surface area contributed by atoms with E-state index in [0.717, 1.165) is 24.3 Å². The Hall–Kier alpha value is -2.38. The molecule has 0 heterocycles. The van der Waals surface area contributed by atoms with Gasteiger partial charge in [-0.2, -0.15) is 26.3 Å². The van der Waals surface area contributed by atoms with E-state index in [1.165, 1.54) is 24.3 Å². The molecule has 2 aromatic rings. The molecular formula is C14H12F6N2. The van der Waals surface area contributed by atoms with Gasteiger partial charge in [0, 0.05) is 11.4 Å². The van der Waals surface area contributed by atoms with Crippen molar-refractivity contribution in [2.24, 2.45) is 0 Å². The van der Waals surface area contributed by atoms with Crippen LogP contribution in [0.5, 0.6) is 0 Å². The molecule has 0 radical (unpaired) electrons. The smallest absolute Gasteiger partial charge is 0.399 e. The van der Waals surface area contributed by atoms with E-state index in [0.29, 0.717) is 5.69 Å². The summed E-state index contributed by atoms with van der Waals surface area (Å²) in [6, 6.07) is 8.93. The summed E-state index contributed by atoms with van der Waals surface area (Å²) in [5.41, 5.74) is 9.43. The predicted octanol–water partition coefficient (Wildman–Crippen LogP) is 4.58. The largest absolute Gasteiger partial charge is 0.416 e. The first kappa shape index (κ1) is 17.7. The van der Waals surface area contributed by atoms with E-state index in [1.807, 2.05) is 0 Å². The van der Waals surface area contributed by atoms with Gasteiger partial charge >= 0.3 is 12.4 Å². The van der Waals surface area contributed by atoms with Gasteiger partial charge in [0.2, 0.25) is 0 Å². The van der Waals surface area contributed by atoms with Gasteiger partial charge in [-0.25, -0.2) is 0 Å². The highest BCUT2D eigenvalue weighted by Gasteiger charge is 2.30. The van der Waals surface area contributed by atoms with Crippen LogP contribution in [0.3, 0.4) is 0 Å². The highest BCUT2D eigenvalue weighted by Crippen LogP contribution is 2.30. The summed E-state index contributed by atoms with van der Waals surface area (Å²) in [5.74, 6) is 0. The minimum Gasteiger partial charge on any atom is -0.399 e. The topological polar surface area (TPSA) is 52.0 Å². The highest BCUT2D eigenvalue weighted by atomic mass is 19.4. The molecule has 0 spiro atoms. The van der Waals surface area contributed by atoms with E-state index < -0.39 is 23.5 Å². The zero-order valence-electron chi connectivity index (χ0n) is 11.0. The molecule has 0 saturated heterocycles. The van der Waals surface area contributed by atoms with Crippen LogP contribution in [0.2, 0.25) is 0 Å². The molecule has 2 nitrogen and oxygen atoms in total. The Morgan fingerprint density at radius 2 is 1.09 bits per heavy atom. The van der Waals surface area contributed by atoms with Gasteiger partial charge in [0.15, 0.2) is 0 Å². The Balaban J connectivity index is 0.000000220. The first-order chi connectivity index (χ1) is 10.00. The molecule has 0 amide bonds. The molecule has 120 valence electrons. The summed E-state index contributed by atoms with van der Waals surface area (Å²) in [5, 5.41) is 0. The van der Waals surface area contributed by atoms with Crippen LogP contribution < -0.4 is 11.5 Å². The zero-order valence-corrected chi connectivity index (χ0v) is 11.0. The van der Waals surface area contributed by atoms with E-state index in [4.69, 9.17) is 11.5 Å². The number of nitrogens with two attached hydrogens (primary N) is 2. The molecule has 0 aliphatic rings. The summed E-state index contributed by atoms with van der Waals surface area (Å²) in [7, 11) is 0. The van der Waals surface area contributed by atoms with E-state index in [-0.39, 0.29) is 5.69 Å². The molecule has 0 aromatic heterocycles. The lowest BCUT2D eigenvalue weighted by Gasteiger charge is -2.05. The van der Waals surface area contributed by atoms with Gasteiger partial charge in [0.05, 0.1) is 11.1 Å². The molecule has 22 heavy (non-hydrogen) atoms. The zero-order chi connectivity index (χ0) is 17.0. The second-order valence-corrected chi connectivity index (χ2v) is 4.24. The van der Waals surface area contributed by atoms with Crippen LogP contribution in [0.1, 0.15) is 11.1 Å². The lowest BCUT2D eigenvalue weighted by Crippen LogP contribution is -2.04. The van der Waals surface area contributed by atoms with Crippen molar-refractivity contribution in [1.29, 1.82) is 0 Å². The maximum absolute atomic E-state index is 11.9. The maximum Gasteiger partial charge on any atom is 0.416 e. The first-order valence-corrected chi connectivity index (χ1v) is 5.85. The quantitative estimate of drug-likeness (QED) is 0.551. The average molecular weight is 322 g/mol. The molecule has 0 aliphatic carbocycles. The molecule has 2 rings (SSSR count). The Kier molecular flexibility index (Phi) is 5.29. The lowest BCUT2D eigenvalue weighted by molar-refractivity contribution is -0.138. The Bertz CT molecular complexity index is 602. The van der Waals surface area contributed by atoms with Crippen LogP contribution in [0.25, 0.3) is 0 Å². The number of benzene rings is 2. The van der Waals surface area contributed by atoms with E-state index >= 15 is 0 Å². The van der Waals surface area contributed by atoms with Crippen LogP contribution in [0, 0.1) is 0 Å². The fraction of sp³-hybridized carbons (Fsp3) is 0.143. The molecule has 0 saturated carbocycles. The van der Waals surface area contributed by atoms with E-state index in [9.17, 15) is 26.3 Å². The molecule has 0 fully saturated rings. The van der Waals surface area contributed by atoms with Crippen LogP contribution in [0.4, 0.5) is 37.7 Å². The van der Waals surface area contributed by atoms with Gasteiger partial charge in [-0.15, -0.1) is 0 Å². The third-order valence-electron chi connectivity index (χ3n) is 2.45. The second-order valence-electron chi connectivity index (χ2n) is 4.24. The van der Waals surface area contributed by atoms with Crippen molar-refractivity contribution in [3.63, 3.8) is 0 Å². The fourth-order valence-corrected chi connectivity index (χ4v) is 1.39. The standard InChI is InChI=1S/2C7H6F3N/c8-7(9,10)5-1-3-6(11)4-2-5;8-7(9,10)5-2-1-3-6(11)4-5/h2*1-4H,11H2. The Labute approximate surface area is 122 Å². The molecular weight excluding hydrogens is 310 g/mol. The second kappa shape index (κ2) is 6.59. The van der Waals surface area contributed by atoms with E-state index in [1.54, 1.807) is 0 Å². The predicted molar refractivity (Wildman–Crippen MR) is 71.7 cm³/mol. The summed E-state index contributed by atoms with van der Waals surface area (Å²) in [6.07, 6.45) is -8.57. The summed E-state index contributed by atoms with van der Waals surface area (Å²) >= 11 is 0. The number of rotatable bonds is 0. The van der Waals surface area contributed by atoms with Crippen LogP contribution >= 0.6 is 0 Å². The summed E-state index contributed by atoms with van der Waals surface area (Å²) in [4.78, 5) is 0. The normalized spacial score (nSPS) is 11.5.